The van der Waals surface area contributed by atoms with Gasteiger partial charge in [-0.15, -0.1) is 0 Å². The summed E-state index contributed by atoms with van der Waals surface area (Å²) in [5.41, 5.74) is 7.97. The van der Waals surface area contributed by atoms with Crippen molar-refractivity contribution in [3.05, 3.63) is 41.6 Å². The first kappa shape index (κ1) is 13.9. The Morgan fingerprint density at radius 3 is 2.70 bits per heavy atom. The number of rotatable bonds is 4. The van der Waals surface area contributed by atoms with Gasteiger partial charge >= 0.3 is 5.97 Å². The number of pyridine rings is 1. The lowest BCUT2D eigenvalue weighted by Crippen LogP contribution is -2.03. The molecule has 5 nitrogen and oxygen atoms in total. The number of carbonyl (C=O) groups is 1. The van der Waals surface area contributed by atoms with Gasteiger partial charge in [0.15, 0.2) is 0 Å². The van der Waals surface area contributed by atoms with E-state index >= 15 is 0 Å². The molecule has 0 amide bonds. The minimum atomic E-state index is -1.03. The Bertz CT molecular complexity index is 654. The van der Waals surface area contributed by atoms with Gasteiger partial charge in [-0.05, 0) is 43.2 Å². The van der Waals surface area contributed by atoms with Crippen molar-refractivity contribution in [3.63, 3.8) is 0 Å². The smallest absolute Gasteiger partial charge is 0.336 e. The van der Waals surface area contributed by atoms with Crippen LogP contribution in [0.1, 0.15) is 22.8 Å². The van der Waals surface area contributed by atoms with Crippen molar-refractivity contribution >= 4 is 11.8 Å². The molecule has 0 radical (unpaired) electrons. The fourth-order valence-corrected chi connectivity index (χ4v) is 2.06. The van der Waals surface area contributed by atoms with Gasteiger partial charge < -0.3 is 15.6 Å². The summed E-state index contributed by atoms with van der Waals surface area (Å²) in [6.07, 6.45) is 1.49. The number of aryl methyl sites for hydroxylation is 1. The highest BCUT2D eigenvalue weighted by Crippen LogP contribution is 2.29. The van der Waals surface area contributed by atoms with Gasteiger partial charge in [-0.2, -0.15) is 0 Å². The van der Waals surface area contributed by atoms with E-state index in [1.807, 2.05) is 32.0 Å². The van der Waals surface area contributed by atoms with Gasteiger partial charge in [0.25, 0.3) is 0 Å². The quantitative estimate of drug-likeness (QED) is 0.893. The number of ether oxygens (including phenoxy) is 1. The molecule has 0 unspecified atom stereocenters. The summed E-state index contributed by atoms with van der Waals surface area (Å²) in [7, 11) is 0. The number of carboxylic acid groups (broad SMARTS) is 1. The van der Waals surface area contributed by atoms with E-state index in [1.54, 1.807) is 0 Å². The van der Waals surface area contributed by atoms with Crippen LogP contribution in [0, 0.1) is 6.92 Å². The van der Waals surface area contributed by atoms with Gasteiger partial charge in [-0.1, -0.05) is 6.07 Å². The summed E-state index contributed by atoms with van der Waals surface area (Å²) < 4.78 is 5.42. The van der Waals surface area contributed by atoms with Gasteiger partial charge in [-0.25, -0.2) is 9.78 Å². The first-order valence-corrected chi connectivity index (χ1v) is 6.25. The fraction of sp³-hybridized carbons (Fsp3) is 0.200. The molecule has 0 saturated carbocycles. The van der Waals surface area contributed by atoms with Crippen LogP contribution >= 0.6 is 0 Å². The number of aromatic nitrogens is 1. The number of hydrogen-bond donors (Lipinski definition) is 2. The van der Waals surface area contributed by atoms with Crippen LogP contribution in [0.4, 0.5) is 5.82 Å². The van der Waals surface area contributed by atoms with Crippen molar-refractivity contribution in [1.29, 1.82) is 0 Å². The molecule has 0 aliphatic carbocycles. The van der Waals surface area contributed by atoms with E-state index in [0.717, 1.165) is 16.9 Å². The second-order valence-corrected chi connectivity index (χ2v) is 4.37. The average Bonchev–Trinajstić information content (AvgIpc) is 2.40. The molecule has 0 aliphatic heterocycles. The van der Waals surface area contributed by atoms with Gasteiger partial charge in [0.05, 0.1) is 12.2 Å². The Morgan fingerprint density at radius 1 is 1.35 bits per heavy atom. The van der Waals surface area contributed by atoms with Crippen LogP contribution in [0.5, 0.6) is 5.75 Å². The van der Waals surface area contributed by atoms with Crippen molar-refractivity contribution in [1.82, 2.24) is 4.98 Å². The summed E-state index contributed by atoms with van der Waals surface area (Å²) in [5, 5.41) is 9.27. The third-order valence-corrected chi connectivity index (χ3v) is 2.95. The Balaban J connectivity index is 2.54. The standard InChI is InChI=1S/C15H16N2O3/c1-3-20-10-4-5-11(9(2)6-10)13-8-17-14(16)7-12(13)15(18)19/h4-8H,3H2,1-2H3,(H2,16,17)(H,18,19). The molecule has 0 spiro atoms. The molecule has 2 rings (SSSR count). The van der Waals surface area contributed by atoms with Crippen LogP contribution in [0.25, 0.3) is 11.1 Å². The molecule has 3 N–H and O–H groups in total. The number of aromatic carboxylic acids is 1. The number of nitrogen functional groups attached to an aromatic ring is 1. The van der Waals surface area contributed by atoms with E-state index in [2.05, 4.69) is 4.98 Å². The maximum absolute atomic E-state index is 11.3. The van der Waals surface area contributed by atoms with Crippen molar-refractivity contribution < 1.29 is 14.6 Å². The Morgan fingerprint density at radius 2 is 2.10 bits per heavy atom. The normalized spacial score (nSPS) is 10.3. The maximum Gasteiger partial charge on any atom is 0.336 e. The Hall–Kier alpha value is -2.56. The first-order valence-electron chi connectivity index (χ1n) is 6.25. The largest absolute Gasteiger partial charge is 0.494 e. The highest BCUT2D eigenvalue weighted by molar-refractivity contribution is 5.97. The molecule has 1 aromatic carbocycles. The second-order valence-electron chi connectivity index (χ2n) is 4.37. The SMILES string of the molecule is CCOc1ccc(-c2cnc(N)cc2C(=O)O)c(C)c1. The Kier molecular flexibility index (Phi) is 3.89. The van der Waals surface area contributed by atoms with Crippen molar-refractivity contribution in [3.8, 4) is 16.9 Å². The number of anilines is 1. The molecule has 2 aromatic rings. The lowest BCUT2D eigenvalue weighted by Gasteiger charge is -2.11. The summed E-state index contributed by atoms with van der Waals surface area (Å²) in [4.78, 5) is 15.3. The van der Waals surface area contributed by atoms with Gasteiger partial charge in [0, 0.05) is 11.8 Å². The summed E-state index contributed by atoms with van der Waals surface area (Å²) >= 11 is 0. The van der Waals surface area contributed by atoms with Crippen molar-refractivity contribution in [2.45, 2.75) is 13.8 Å². The maximum atomic E-state index is 11.3. The first-order chi connectivity index (χ1) is 9.52. The zero-order chi connectivity index (χ0) is 14.7. The minimum Gasteiger partial charge on any atom is -0.494 e. The van der Waals surface area contributed by atoms with Crippen LogP contribution in [0.15, 0.2) is 30.5 Å². The third-order valence-electron chi connectivity index (χ3n) is 2.95. The molecule has 1 heterocycles. The molecule has 0 bridgehead atoms. The number of benzene rings is 1. The van der Waals surface area contributed by atoms with E-state index in [-0.39, 0.29) is 11.4 Å². The average molecular weight is 272 g/mol. The zero-order valence-corrected chi connectivity index (χ0v) is 11.4. The Labute approximate surface area is 117 Å². The van der Waals surface area contributed by atoms with E-state index < -0.39 is 5.97 Å². The highest BCUT2D eigenvalue weighted by atomic mass is 16.5. The topological polar surface area (TPSA) is 85.4 Å². The number of hydrogen-bond acceptors (Lipinski definition) is 4. The van der Waals surface area contributed by atoms with Crippen molar-refractivity contribution in [2.75, 3.05) is 12.3 Å². The van der Waals surface area contributed by atoms with Crippen LogP contribution in [-0.4, -0.2) is 22.7 Å². The van der Waals surface area contributed by atoms with Gasteiger partial charge in [0.2, 0.25) is 0 Å². The second kappa shape index (κ2) is 5.61. The molecular weight excluding hydrogens is 256 g/mol. The number of nitrogens with two attached hydrogens (primary N) is 1. The highest BCUT2D eigenvalue weighted by Gasteiger charge is 2.15. The molecule has 0 aliphatic rings. The zero-order valence-electron chi connectivity index (χ0n) is 11.4. The van der Waals surface area contributed by atoms with Crippen LogP contribution in [0.3, 0.4) is 0 Å². The van der Waals surface area contributed by atoms with Gasteiger partial charge in [0.1, 0.15) is 11.6 Å². The lowest BCUT2D eigenvalue weighted by molar-refractivity contribution is 0.0697. The molecule has 0 saturated heterocycles. The fourth-order valence-electron chi connectivity index (χ4n) is 2.06. The lowest BCUT2D eigenvalue weighted by atomic mass is 9.97. The predicted octanol–water partition coefficient (Wildman–Crippen LogP) is 2.74. The van der Waals surface area contributed by atoms with Crippen LogP contribution in [-0.2, 0) is 0 Å². The summed E-state index contributed by atoms with van der Waals surface area (Å²) in [6.45, 7) is 4.40. The van der Waals surface area contributed by atoms with Crippen molar-refractivity contribution in [2.24, 2.45) is 0 Å². The van der Waals surface area contributed by atoms with Crippen LogP contribution in [0.2, 0.25) is 0 Å². The predicted molar refractivity (Wildman–Crippen MR) is 77.0 cm³/mol. The molecule has 5 heteroatoms. The molecule has 20 heavy (non-hydrogen) atoms. The van der Waals surface area contributed by atoms with Gasteiger partial charge in [-0.3, -0.25) is 0 Å². The van der Waals surface area contributed by atoms with Crippen LogP contribution < -0.4 is 10.5 Å². The number of carboxylic acids is 1. The van der Waals surface area contributed by atoms with E-state index in [1.165, 1.54) is 12.3 Å². The molecule has 0 fully saturated rings. The molecule has 104 valence electrons. The summed E-state index contributed by atoms with van der Waals surface area (Å²) in [5.74, 6) is -0.0776. The minimum absolute atomic E-state index is 0.143. The third kappa shape index (κ3) is 2.71. The molecular formula is C15H16N2O3. The summed E-state index contributed by atoms with van der Waals surface area (Å²) in [6, 6.07) is 6.89. The van der Waals surface area contributed by atoms with E-state index in [4.69, 9.17) is 10.5 Å². The number of nitrogens with zero attached hydrogens (tertiary/aromatic N) is 1. The molecule has 1 aromatic heterocycles. The monoisotopic (exact) mass is 272 g/mol. The molecule has 0 atom stereocenters. The van der Waals surface area contributed by atoms with E-state index in [9.17, 15) is 9.90 Å². The van der Waals surface area contributed by atoms with E-state index in [0.29, 0.717) is 12.2 Å².